The molecule has 0 amide bonds. The smallest absolute Gasteiger partial charge is 0.254 e. The van der Waals surface area contributed by atoms with E-state index in [1.807, 2.05) is 59.3 Å². The normalized spacial score (nSPS) is 11.0. The second-order valence-corrected chi connectivity index (χ2v) is 8.74. The van der Waals surface area contributed by atoms with Crippen LogP contribution in [0.4, 0.5) is 0 Å². The van der Waals surface area contributed by atoms with Gasteiger partial charge in [-0.15, -0.1) is 0 Å². The van der Waals surface area contributed by atoms with E-state index in [1.54, 1.807) is 36.2 Å². The molecule has 2 aromatic carbocycles. The first-order valence-corrected chi connectivity index (χ1v) is 11.7. The summed E-state index contributed by atoms with van der Waals surface area (Å²) in [4.78, 5) is 17.2. The number of halogens is 1. The van der Waals surface area contributed by atoms with Gasteiger partial charge in [0.2, 0.25) is 0 Å². The number of ether oxygens (including phenoxy) is 2. The molecule has 0 fully saturated rings. The van der Waals surface area contributed by atoms with Gasteiger partial charge in [-0.1, -0.05) is 42.5 Å². The first-order chi connectivity index (χ1) is 16.6. The van der Waals surface area contributed by atoms with Gasteiger partial charge in [-0.2, -0.15) is 5.10 Å². The van der Waals surface area contributed by atoms with E-state index >= 15 is 0 Å². The maximum atomic E-state index is 12.7. The molecule has 34 heavy (non-hydrogen) atoms. The highest BCUT2D eigenvalue weighted by Gasteiger charge is 2.16. The van der Waals surface area contributed by atoms with Crippen LogP contribution in [0.15, 0.2) is 90.0 Å². The maximum Gasteiger partial charge on any atom is 0.254 e. The van der Waals surface area contributed by atoms with Crippen LogP contribution in [-0.4, -0.2) is 26.4 Å². The van der Waals surface area contributed by atoms with E-state index in [9.17, 15) is 4.79 Å². The summed E-state index contributed by atoms with van der Waals surface area (Å²) in [5.74, 6) is 1.89. The highest BCUT2D eigenvalue weighted by molar-refractivity contribution is 14.1. The fourth-order valence-electron chi connectivity index (χ4n) is 3.72. The zero-order valence-corrected chi connectivity index (χ0v) is 20.5. The van der Waals surface area contributed by atoms with Gasteiger partial charge in [0, 0.05) is 24.5 Å². The molecular formula is C26H21IN4O3. The van der Waals surface area contributed by atoms with E-state index in [1.165, 1.54) is 6.07 Å². The highest BCUT2D eigenvalue weighted by Crippen LogP contribution is 2.32. The summed E-state index contributed by atoms with van der Waals surface area (Å²) in [5.41, 5.74) is 2.73. The lowest BCUT2D eigenvalue weighted by Gasteiger charge is -2.10. The number of fused-ring (bicyclic) bond motifs is 1. The Hall–Kier alpha value is -3.66. The van der Waals surface area contributed by atoms with Crippen molar-refractivity contribution in [2.24, 2.45) is 0 Å². The Morgan fingerprint density at radius 2 is 1.68 bits per heavy atom. The molecule has 7 nitrogen and oxygen atoms in total. The number of benzene rings is 2. The van der Waals surface area contributed by atoms with Crippen LogP contribution in [0.1, 0.15) is 11.1 Å². The van der Waals surface area contributed by atoms with E-state index in [-0.39, 0.29) is 5.56 Å². The summed E-state index contributed by atoms with van der Waals surface area (Å²) in [5, 5.41) is 5.48. The molecule has 3 heterocycles. The van der Waals surface area contributed by atoms with Crippen LogP contribution in [0.2, 0.25) is 0 Å². The molecule has 0 N–H and O–H groups in total. The van der Waals surface area contributed by atoms with Crippen molar-refractivity contribution in [3.63, 3.8) is 0 Å². The van der Waals surface area contributed by atoms with Crippen molar-refractivity contribution in [1.29, 1.82) is 0 Å². The maximum absolute atomic E-state index is 12.7. The van der Waals surface area contributed by atoms with Gasteiger partial charge in [0.25, 0.3) is 5.56 Å². The minimum atomic E-state index is -0.128. The number of pyridine rings is 2. The van der Waals surface area contributed by atoms with Gasteiger partial charge in [0.1, 0.15) is 20.9 Å². The molecule has 0 unspecified atom stereocenters. The van der Waals surface area contributed by atoms with E-state index in [4.69, 9.17) is 9.47 Å². The zero-order chi connectivity index (χ0) is 23.5. The molecule has 0 spiro atoms. The molecule has 5 rings (SSSR count). The SMILES string of the molecule is COc1ccc(Cn2nc(I)c3c(Oc4ccn(Cc5ccccc5)c(=O)c4)ccnc32)cc1. The zero-order valence-electron chi connectivity index (χ0n) is 18.4. The van der Waals surface area contributed by atoms with Crippen LogP contribution in [0.25, 0.3) is 11.0 Å². The van der Waals surface area contributed by atoms with E-state index < -0.39 is 0 Å². The Morgan fingerprint density at radius 1 is 0.912 bits per heavy atom. The lowest BCUT2D eigenvalue weighted by atomic mass is 10.2. The minimum Gasteiger partial charge on any atom is -0.497 e. The fraction of sp³-hybridized carbons (Fsp3) is 0.115. The van der Waals surface area contributed by atoms with Gasteiger partial charge >= 0.3 is 0 Å². The van der Waals surface area contributed by atoms with Crippen LogP contribution < -0.4 is 15.0 Å². The fourth-order valence-corrected chi connectivity index (χ4v) is 4.48. The van der Waals surface area contributed by atoms with Gasteiger partial charge in [-0.05, 0) is 51.9 Å². The molecule has 8 heteroatoms. The van der Waals surface area contributed by atoms with Crippen LogP contribution in [-0.2, 0) is 13.1 Å². The summed E-state index contributed by atoms with van der Waals surface area (Å²) >= 11 is 2.19. The van der Waals surface area contributed by atoms with Gasteiger partial charge in [-0.25, -0.2) is 9.67 Å². The lowest BCUT2D eigenvalue weighted by Crippen LogP contribution is -2.18. The summed E-state index contributed by atoms with van der Waals surface area (Å²) in [7, 11) is 1.65. The third-order valence-corrected chi connectivity index (χ3v) is 6.19. The Balaban J connectivity index is 1.41. The van der Waals surface area contributed by atoms with Crippen LogP contribution >= 0.6 is 22.6 Å². The first kappa shape index (κ1) is 22.1. The molecule has 0 aliphatic carbocycles. The van der Waals surface area contributed by atoms with Crippen molar-refractivity contribution in [1.82, 2.24) is 19.3 Å². The predicted molar refractivity (Wildman–Crippen MR) is 139 cm³/mol. The average molecular weight is 564 g/mol. The second kappa shape index (κ2) is 9.68. The van der Waals surface area contributed by atoms with Crippen LogP contribution in [0.3, 0.4) is 0 Å². The molecule has 0 saturated heterocycles. The van der Waals surface area contributed by atoms with Crippen molar-refractivity contribution >= 4 is 33.6 Å². The van der Waals surface area contributed by atoms with Gasteiger partial charge in [0.05, 0.1) is 25.6 Å². The van der Waals surface area contributed by atoms with Gasteiger partial charge < -0.3 is 14.0 Å². The van der Waals surface area contributed by atoms with Gasteiger partial charge in [-0.3, -0.25) is 4.79 Å². The predicted octanol–water partition coefficient (Wildman–Crippen LogP) is 5.10. The Bertz CT molecular complexity index is 1490. The minimum absolute atomic E-state index is 0.128. The summed E-state index contributed by atoms with van der Waals surface area (Å²) in [6.07, 6.45) is 3.44. The van der Waals surface area contributed by atoms with E-state index in [0.29, 0.717) is 24.6 Å². The second-order valence-electron chi connectivity index (χ2n) is 7.72. The third-order valence-electron chi connectivity index (χ3n) is 5.43. The van der Waals surface area contributed by atoms with Crippen molar-refractivity contribution < 1.29 is 9.47 Å². The quantitative estimate of drug-likeness (QED) is 0.258. The molecule has 170 valence electrons. The largest absolute Gasteiger partial charge is 0.497 e. The molecular weight excluding hydrogens is 543 g/mol. The molecule has 3 aromatic heterocycles. The number of aromatic nitrogens is 4. The number of methoxy groups -OCH3 is 1. The third kappa shape index (κ3) is 4.67. The monoisotopic (exact) mass is 564 g/mol. The van der Waals surface area contributed by atoms with E-state index in [2.05, 4.69) is 32.7 Å². The van der Waals surface area contributed by atoms with Crippen LogP contribution in [0, 0.1) is 3.70 Å². The number of hydrogen-bond donors (Lipinski definition) is 0. The molecule has 0 aliphatic heterocycles. The standard InChI is InChI=1S/C26H21IN4O3/c1-33-20-9-7-19(8-10-20)17-31-26-24(25(27)29-31)22(11-13-28-26)34-21-12-14-30(23(32)15-21)16-18-5-3-2-4-6-18/h2-15H,16-17H2,1H3. The van der Waals surface area contributed by atoms with Crippen molar-refractivity contribution in [2.75, 3.05) is 7.11 Å². The lowest BCUT2D eigenvalue weighted by molar-refractivity contribution is 0.414. The summed E-state index contributed by atoms with van der Waals surface area (Å²) in [6, 6.07) is 22.8. The molecule has 0 atom stereocenters. The summed E-state index contributed by atoms with van der Waals surface area (Å²) < 4.78 is 15.6. The first-order valence-electron chi connectivity index (χ1n) is 10.7. The van der Waals surface area contributed by atoms with Gasteiger partial charge in [0.15, 0.2) is 5.65 Å². The number of nitrogens with zero attached hydrogens (tertiary/aromatic N) is 4. The van der Waals surface area contributed by atoms with E-state index in [0.717, 1.165) is 31.6 Å². The van der Waals surface area contributed by atoms with Crippen molar-refractivity contribution in [3.8, 4) is 17.2 Å². The highest BCUT2D eigenvalue weighted by atomic mass is 127. The van der Waals surface area contributed by atoms with Crippen molar-refractivity contribution in [3.05, 3.63) is 110 Å². The Labute approximate surface area is 209 Å². The Kier molecular flexibility index (Phi) is 6.31. The topological polar surface area (TPSA) is 71.2 Å². The average Bonchev–Trinajstić information content (AvgIpc) is 3.18. The molecule has 0 bridgehead atoms. The Morgan fingerprint density at radius 3 is 2.41 bits per heavy atom. The molecule has 0 radical (unpaired) electrons. The number of rotatable bonds is 7. The number of hydrogen-bond acceptors (Lipinski definition) is 5. The molecule has 5 aromatic rings. The van der Waals surface area contributed by atoms with Crippen molar-refractivity contribution in [2.45, 2.75) is 13.1 Å². The molecule has 0 saturated carbocycles. The summed E-state index contributed by atoms with van der Waals surface area (Å²) in [6.45, 7) is 1.07. The van der Waals surface area contributed by atoms with Crippen LogP contribution in [0.5, 0.6) is 17.2 Å². The molecule has 0 aliphatic rings.